The zero-order valence-corrected chi connectivity index (χ0v) is 65.7. The Hall–Kier alpha value is -11.0. The number of nitrogens with two attached hydrogens (primary N) is 5. The SMILES string of the molecule is CC[C@H](C)[C@H](NC(=O)CNC(=O)[C@@H](NC(=O)[C@H](Cc1ccccc1)NC(=O)[C@H](CCCCN)NC(=O)[C@H](CO)NC(=O)[C@H](CC(N)=O)NC(=O)[C@H](C)NC(=O)[C@H](CCCCN)NC(=O)[C@@H](NC(=O)[C@H](Cc1ccc(O)cc1)NC(=O)[C@@H](N)CCC(N)=O)[C@@H](C)CC)[C@@H](C)CC)C(=O)N[C@H](C(=O)N[C@@H](CCC(=O)O)C(=O)O)[C@@H](C)O. The average Bonchev–Trinajstić information content (AvgIpc) is 0.861. The minimum Gasteiger partial charge on any atom is -0.508 e. The van der Waals surface area contributed by atoms with Gasteiger partial charge in [-0.25, -0.2) is 4.79 Å². The van der Waals surface area contributed by atoms with E-state index in [1.807, 2.05) is 0 Å². The number of carbonyl (C=O) groups excluding carboxylic acids is 15. The highest BCUT2D eigenvalue weighted by Crippen LogP contribution is 2.18. The number of phenols is 1. The molecule has 2 rings (SSSR count). The molecule has 636 valence electrons. The highest BCUT2D eigenvalue weighted by atomic mass is 16.4. The molecule has 2 aromatic carbocycles. The Morgan fingerprint density at radius 3 is 1.28 bits per heavy atom. The zero-order chi connectivity index (χ0) is 86.1. The van der Waals surface area contributed by atoms with Crippen molar-refractivity contribution in [3.05, 3.63) is 65.7 Å². The minimum atomic E-state index is -1.92. The first-order valence-corrected chi connectivity index (χ1v) is 37.9. The molecule has 0 fully saturated rings. The van der Waals surface area contributed by atoms with Gasteiger partial charge >= 0.3 is 11.9 Å². The van der Waals surface area contributed by atoms with E-state index in [0.717, 1.165) is 6.92 Å². The molecule has 0 aliphatic carbocycles. The maximum Gasteiger partial charge on any atom is 0.326 e. The summed E-state index contributed by atoms with van der Waals surface area (Å²) < 4.78 is 0. The van der Waals surface area contributed by atoms with Gasteiger partial charge in [0.05, 0.1) is 31.7 Å². The fourth-order valence-electron chi connectivity index (χ4n) is 11.3. The third-order valence-electron chi connectivity index (χ3n) is 18.9. The van der Waals surface area contributed by atoms with E-state index in [4.69, 9.17) is 33.8 Å². The summed E-state index contributed by atoms with van der Waals surface area (Å²) >= 11 is 0. The molecule has 0 aliphatic heterocycles. The molecule has 17 atom stereocenters. The number of unbranched alkanes of at least 4 members (excludes halogenated alkanes) is 2. The van der Waals surface area contributed by atoms with Crippen LogP contribution in [0.15, 0.2) is 54.6 Å². The lowest BCUT2D eigenvalue weighted by atomic mass is 9.96. The Bertz CT molecular complexity index is 3560. The van der Waals surface area contributed by atoms with E-state index >= 15 is 0 Å². The Balaban J connectivity index is 2.40. The standard InChI is InChI=1S/C74H118N18O22/c1-9-38(4)58(70(109)80-36-56(98)89-59(39(5)10-2)72(111)92-61(42(8)94)73(112)84-49(74(113)114)28-30-57(99)100)90-68(107)51(33-43-19-13-12-14-20-43)87-65(104)48(22-16-18-32-76)82-69(108)53(37-93)88-66(105)52(35-55(79)97)85-62(101)41(7)81-64(103)47(21-15-17-31-75)83-71(110)60(40(6)11-3)91-67(106)50(34-44-23-25-45(95)26-24-44)86-63(102)46(77)27-29-54(78)96/h12-14,19-20,23-26,38-42,46-53,58-61,93-95H,9-11,15-18,21-22,27-37,75-77H2,1-8H3,(H2,78,96)(H2,79,97)(H,80,109)(H,81,103)(H,82,108)(H,83,110)(H,84,112)(H,85,101)(H,86,102)(H,87,104)(H,88,105)(H,89,98)(H,90,107)(H,91,106)(H,92,111)(H,99,100)(H,113,114)/t38-,39-,40-,41-,42+,46-,47-,48-,49-,50-,51-,52-,53-,58-,59-,60-,61-/m0/s1. The largest absolute Gasteiger partial charge is 0.508 e. The Morgan fingerprint density at radius 2 is 0.807 bits per heavy atom. The van der Waals surface area contributed by atoms with Gasteiger partial charge in [-0.15, -0.1) is 0 Å². The number of hydrogen-bond acceptors (Lipinski definition) is 23. The first-order chi connectivity index (χ1) is 53.7. The van der Waals surface area contributed by atoms with Crippen molar-refractivity contribution in [1.82, 2.24) is 69.1 Å². The van der Waals surface area contributed by atoms with Crippen LogP contribution in [0.5, 0.6) is 5.75 Å². The average molecular weight is 1610 g/mol. The molecule has 28 N–H and O–H groups in total. The number of aromatic hydroxyl groups is 1. The summed E-state index contributed by atoms with van der Waals surface area (Å²) in [5.74, 6) is -19.7. The lowest BCUT2D eigenvalue weighted by Gasteiger charge is -2.29. The van der Waals surface area contributed by atoms with Crippen molar-refractivity contribution in [2.75, 3.05) is 26.2 Å². The smallest absolute Gasteiger partial charge is 0.326 e. The number of benzene rings is 2. The van der Waals surface area contributed by atoms with Crippen molar-refractivity contribution < 1.29 is 107 Å². The first kappa shape index (κ1) is 99.1. The van der Waals surface area contributed by atoms with Crippen LogP contribution in [0.2, 0.25) is 0 Å². The summed E-state index contributed by atoms with van der Waals surface area (Å²) in [7, 11) is 0. The zero-order valence-electron chi connectivity index (χ0n) is 65.7. The molecule has 0 bridgehead atoms. The maximum atomic E-state index is 14.6. The van der Waals surface area contributed by atoms with Crippen molar-refractivity contribution in [2.24, 2.45) is 46.4 Å². The summed E-state index contributed by atoms with van der Waals surface area (Å²) in [5.41, 5.74) is 29.3. The van der Waals surface area contributed by atoms with Crippen LogP contribution < -0.4 is 97.8 Å². The van der Waals surface area contributed by atoms with Crippen molar-refractivity contribution >= 4 is 101 Å². The second-order valence-corrected chi connectivity index (χ2v) is 28.1. The molecule has 40 nitrogen and oxygen atoms in total. The number of rotatable bonds is 55. The molecule has 2 aromatic rings. The van der Waals surface area contributed by atoms with Gasteiger partial charge in [-0.2, -0.15) is 0 Å². The molecule has 0 aliphatic rings. The number of primary amides is 2. The van der Waals surface area contributed by atoms with Crippen LogP contribution in [0.1, 0.15) is 156 Å². The Morgan fingerprint density at radius 1 is 0.404 bits per heavy atom. The van der Waals surface area contributed by atoms with Gasteiger partial charge in [-0.3, -0.25) is 76.7 Å². The lowest BCUT2D eigenvalue weighted by molar-refractivity contribution is -0.144. The molecule has 0 aromatic heterocycles. The van der Waals surface area contributed by atoms with Crippen molar-refractivity contribution in [3.63, 3.8) is 0 Å². The van der Waals surface area contributed by atoms with Crippen LogP contribution in [0.4, 0.5) is 0 Å². The molecule has 0 saturated heterocycles. The van der Waals surface area contributed by atoms with Crippen LogP contribution in [-0.4, -0.2) is 237 Å². The number of aliphatic hydroxyl groups is 2. The number of hydrogen-bond donors (Lipinski definition) is 23. The predicted molar refractivity (Wildman–Crippen MR) is 411 cm³/mol. The van der Waals surface area contributed by atoms with Crippen LogP contribution in [0.3, 0.4) is 0 Å². The van der Waals surface area contributed by atoms with Gasteiger partial charge < -0.3 is 123 Å². The van der Waals surface area contributed by atoms with Crippen LogP contribution in [0.25, 0.3) is 0 Å². The molecule has 0 radical (unpaired) electrons. The highest BCUT2D eigenvalue weighted by molar-refractivity contribution is 6.01. The molecule has 0 spiro atoms. The summed E-state index contributed by atoms with van der Waals surface area (Å²) in [6.07, 6.45) is -2.73. The van der Waals surface area contributed by atoms with Gasteiger partial charge in [0, 0.05) is 25.7 Å². The van der Waals surface area contributed by atoms with Crippen molar-refractivity contribution in [3.8, 4) is 5.75 Å². The normalized spacial score (nSPS) is 15.6. The molecule has 0 unspecified atom stereocenters. The van der Waals surface area contributed by atoms with Crippen molar-refractivity contribution in [2.45, 2.75) is 243 Å². The van der Waals surface area contributed by atoms with Gasteiger partial charge in [0.1, 0.15) is 78.3 Å². The van der Waals surface area contributed by atoms with E-state index in [9.17, 15) is 102 Å². The second-order valence-electron chi connectivity index (χ2n) is 28.1. The minimum absolute atomic E-state index is 0.0598. The number of aliphatic carboxylic acids is 2. The molecule has 0 saturated carbocycles. The topological polar surface area (TPSA) is 678 Å². The Labute approximate surface area is 661 Å². The maximum absolute atomic E-state index is 14.6. The molecule has 0 heterocycles. The first-order valence-electron chi connectivity index (χ1n) is 37.9. The predicted octanol–water partition coefficient (Wildman–Crippen LogP) is -5.68. The number of amides is 15. The Kier molecular flexibility index (Phi) is 44.9. The van der Waals surface area contributed by atoms with E-state index in [1.54, 1.807) is 71.9 Å². The van der Waals surface area contributed by atoms with Crippen LogP contribution >= 0.6 is 0 Å². The number of carbonyl (C=O) groups is 17. The molecule has 40 heteroatoms. The van der Waals surface area contributed by atoms with Gasteiger partial charge in [-0.1, -0.05) is 103 Å². The van der Waals surface area contributed by atoms with Crippen LogP contribution in [-0.2, 0) is 94.3 Å². The summed E-state index contributed by atoms with van der Waals surface area (Å²) in [6, 6.07) is -6.17. The number of phenolic OH excluding ortho intramolecular Hbond substituents is 1. The van der Waals surface area contributed by atoms with Gasteiger partial charge in [0.25, 0.3) is 0 Å². The lowest BCUT2D eigenvalue weighted by Crippen LogP contribution is -2.61. The number of nitrogens with one attached hydrogen (secondary N) is 13. The van der Waals surface area contributed by atoms with Gasteiger partial charge in [0.2, 0.25) is 88.6 Å². The number of carboxylic acids is 2. The summed E-state index contributed by atoms with van der Waals surface area (Å²) in [4.78, 5) is 229. The van der Waals surface area contributed by atoms with E-state index in [1.165, 1.54) is 31.2 Å². The molecular formula is C74H118N18O22. The number of carboxylic acid groups (broad SMARTS) is 2. The van der Waals surface area contributed by atoms with Crippen molar-refractivity contribution in [1.29, 1.82) is 0 Å². The number of aliphatic hydroxyl groups excluding tert-OH is 2. The van der Waals surface area contributed by atoms with E-state index in [0.29, 0.717) is 30.4 Å². The quantitative estimate of drug-likeness (QED) is 0.0275. The fourth-order valence-corrected chi connectivity index (χ4v) is 11.3. The van der Waals surface area contributed by atoms with Gasteiger partial charge in [0.15, 0.2) is 0 Å². The second kappa shape index (κ2) is 51.6. The third-order valence-corrected chi connectivity index (χ3v) is 18.9. The molecular weight excluding hydrogens is 1490 g/mol. The van der Waals surface area contributed by atoms with E-state index < -0.39 is 235 Å². The highest BCUT2D eigenvalue weighted by Gasteiger charge is 2.39. The summed E-state index contributed by atoms with van der Waals surface area (Å²) in [5, 5.41) is 81.5. The van der Waals surface area contributed by atoms with Crippen LogP contribution in [0, 0.1) is 17.8 Å². The molecule has 114 heavy (non-hydrogen) atoms. The monoisotopic (exact) mass is 1610 g/mol. The molecule has 15 amide bonds. The fraction of sp³-hybridized carbons (Fsp3) is 0.608. The summed E-state index contributed by atoms with van der Waals surface area (Å²) in [6.45, 7) is 10.6. The van der Waals surface area contributed by atoms with E-state index in [-0.39, 0.29) is 83.0 Å². The van der Waals surface area contributed by atoms with E-state index in [2.05, 4.69) is 69.1 Å². The third kappa shape index (κ3) is 35.8. The van der Waals surface area contributed by atoms with Gasteiger partial charge in [-0.05, 0) is 119 Å².